The molecule has 0 bridgehead atoms. The van der Waals surface area contributed by atoms with Crippen LogP contribution < -0.4 is 20.7 Å². The Morgan fingerprint density at radius 1 is 1.05 bits per heavy atom. The van der Waals surface area contributed by atoms with Crippen LogP contribution in [-0.4, -0.2) is 12.7 Å². The summed E-state index contributed by atoms with van der Waals surface area (Å²) in [5.41, 5.74) is 3.87. The molecule has 1 aliphatic carbocycles. The van der Waals surface area contributed by atoms with Gasteiger partial charge in [0, 0.05) is 0 Å². The number of hydrazine groups is 1. The molecule has 4 heteroatoms. The van der Waals surface area contributed by atoms with Crippen molar-refractivity contribution < 1.29 is 9.47 Å². The van der Waals surface area contributed by atoms with Crippen molar-refractivity contribution >= 4 is 0 Å². The van der Waals surface area contributed by atoms with Gasteiger partial charge in [0.15, 0.2) is 0 Å². The summed E-state index contributed by atoms with van der Waals surface area (Å²) in [6.07, 6.45) is 2.70. The van der Waals surface area contributed by atoms with E-state index in [0.717, 1.165) is 29.9 Å². The van der Waals surface area contributed by atoms with Crippen LogP contribution in [0.4, 0.5) is 0 Å². The van der Waals surface area contributed by atoms with E-state index >= 15 is 0 Å². The van der Waals surface area contributed by atoms with Crippen molar-refractivity contribution in [2.24, 2.45) is 5.84 Å². The van der Waals surface area contributed by atoms with Gasteiger partial charge < -0.3 is 9.47 Å². The molecule has 0 aromatic heterocycles. The van der Waals surface area contributed by atoms with Crippen LogP contribution in [-0.2, 0) is 0 Å². The van der Waals surface area contributed by atoms with E-state index in [0.29, 0.717) is 12.7 Å². The smallest absolute Gasteiger partial charge is 0.120 e. The van der Waals surface area contributed by atoms with Crippen LogP contribution in [0.1, 0.15) is 24.4 Å². The fourth-order valence-corrected chi connectivity index (χ4v) is 2.12. The van der Waals surface area contributed by atoms with Gasteiger partial charge in [0.05, 0.1) is 12.1 Å². The minimum atomic E-state index is -0.0760. The van der Waals surface area contributed by atoms with Crippen LogP contribution in [0, 0.1) is 0 Å². The number of benzene rings is 2. The second kappa shape index (κ2) is 6.61. The fraction of sp³-hybridized carbons (Fsp3) is 0.294. The van der Waals surface area contributed by atoms with E-state index in [4.69, 9.17) is 15.3 Å². The number of ether oxygens (including phenoxy) is 2. The Balaban J connectivity index is 1.64. The first kappa shape index (κ1) is 13.9. The molecule has 1 aliphatic rings. The molecule has 0 saturated heterocycles. The number of nitrogens with two attached hydrogens (primary N) is 1. The van der Waals surface area contributed by atoms with Gasteiger partial charge in [-0.05, 0) is 42.7 Å². The van der Waals surface area contributed by atoms with Gasteiger partial charge in [-0.15, -0.1) is 0 Å². The summed E-state index contributed by atoms with van der Waals surface area (Å²) in [7, 11) is 0. The normalized spacial score (nSPS) is 15.5. The molecule has 0 radical (unpaired) electrons. The Bertz CT molecular complexity index is 570. The van der Waals surface area contributed by atoms with Crippen molar-refractivity contribution in [2.45, 2.75) is 25.0 Å². The topological polar surface area (TPSA) is 56.5 Å². The third-order valence-electron chi connectivity index (χ3n) is 3.45. The van der Waals surface area contributed by atoms with Gasteiger partial charge in [0.1, 0.15) is 18.1 Å². The van der Waals surface area contributed by atoms with E-state index in [9.17, 15) is 0 Å². The molecule has 0 aliphatic heterocycles. The van der Waals surface area contributed by atoms with Crippen LogP contribution in [0.2, 0.25) is 0 Å². The van der Waals surface area contributed by atoms with E-state index in [-0.39, 0.29) is 6.04 Å². The molecule has 21 heavy (non-hydrogen) atoms. The lowest BCUT2D eigenvalue weighted by Gasteiger charge is -2.18. The number of nitrogens with one attached hydrogen (secondary N) is 1. The Morgan fingerprint density at radius 3 is 2.52 bits per heavy atom. The lowest BCUT2D eigenvalue weighted by molar-refractivity contribution is 0.266. The monoisotopic (exact) mass is 284 g/mol. The largest absolute Gasteiger partial charge is 0.492 e. The van der Waals surface area contributed by atoms with E-state index in [1.165, 1.54) is 0 Å². The molecule has 2 aromatic carbocycles. The van der Waals surface area contributed by atoms with Gasteiger partial charge >= 0.3 is 0 Å². The van der Waals surface area contributed by atoms with Crippen molar-refractivity contribution in [2.75, 3.05) is 6.61 Å². The fourth-order valence-electron chi connectivity index (χ4n) is 2.12. The summed E-state index contributed by atoms with van der Waals surface area (Å²) in [4.78, 5) is 0. The van der Waals surface area contributed by atoms with Gasteiger partial charge in [0.2, 0.25) is 0 Å². The molecule has 1 atom stereocenters. The minimum Gasteiger partial charge on any atom is -0.492 e. The highest BCUT2D eigenvalue weighted by Crippen LogP contribution is 2.28. The molecule has 0 heterocycles. The highest BCUT2D eigenvalue weighted by Gasteiger charge is 2.23. The van der Waals surface area contributed by atoms with Crippen molar-refractivity contribution in [3.63, 3.8) is 0 Å². The van der Waals surface area contributed by atoms with Crippen molar-refractivity contribution in [1.29, 1.82) is 0 Å². The first-order valence-corrected chi connectivity index (χ1v) is 7.26. The van der Waals surface area contributed by atoms with Crippen LogP contribution in [0.15, 0.2) is 54.6 Å². The third-order valence-corrected chi connectivity index (χ3v) is 3.45. The maximum Gasteiger partial charge on any atom is 0.120 e. The summed E-state index contributed by atoms with van der Waals surface area (Å²) in [6.45, 7) is 0.466. The average Bonchev–Trinajstić information content (AvgIpc) is 3.33. The third kappa shape index (κ3) is 3.97. The molecule has 1 saturated carbocycles. The molecular formula is C17H20N2O2. The second-order valence-corrected chi connectivity index (χ2v) is 5.23. The molecule has 2 aromatic rings. The molecule has 1 unspecified atom stereocenters. The highest BCUT2D eigenvalue weighted by atomic mass is 16.5. The first-order valence-electron chi connectivity index (χ1n) is 7.26. The molecule has 4 nitrogen and oxygen atoms in total. The molecule has 110 valence electrons. The molecule has 0 amide bonds. The average molecular weight is 284 g/mol. The van der Waals surface area contributed by atoms with Crippen LogP contribution in [0.5, 0.6) is 11.5 Å². The standard InChI is InChI=1S/C17H20N2O2/c18-19-17(12-20-14-6-2-1-3-7-14)13-5-4-8-16(11-13)21-15-9-10-15/h1-8,11,15,17,19H,9-10,12,18H2. The minimum absolute atomic E-state index is 0.0760. The zero-order valence-corrected chi connectivity index (χ0v) is 11.9. The molecule has 0 spiro atoms. The number of rotatable bonds is 7. The van der Waals surface area contributed by atoms with Gasteiger partial charge in [0.25, 0.3) is 0 Å². The number of para-hydroxylation sites is 1. The quantitative estimate of drug-likeness (QED) is 0.606. The number of hydrogen-bond donors (Lipinski definition) is 2. The van der Waals surface area contributed by atoms with Gasteiger partial charge in [-0.3, -0.25) is 5.84 Å². The molecule has 3 N–H and O–H groups in total. The maximum absolute atomic E-state index is 5.81. The maximum atomic E-state index is 5.81. The van der Waals surface area contributed by atoms with E-state index < -0.39 is 0 Å². The van der Waals surface area contributed by atoms with Gasteiger partial charge in [-0.25, -0.2) is 5.43 Å². The first-order chi connectivity index (χ1) is 10.3. The van der Waals surface area contributed by atoms with Crippen LogP contribution in [0.3, 0.4) is 0 Å². The van der Waals surface area contributed by atoms with Crippen molar-refractivity contribution in [3.05, 3.63) is 60.2 Å². The molecule has 1 fully saturated rings. The van der Waals surface area contributed by atoms with E-state index in [1.807, 2.05) is 54.6 Å². The van der Waals surface area contributed by atoms with E-state index in [2.05, 4.69) is 5.43 Å². The SMILES string of the molecule is NNC(COc1ccccc1)c1cccc(OC2CC2)c1. The Morgan fingerprint density at radius 2 is 1.81 bits per heavy atom. The van der Waals surface area contributed by atoms with E-state index in [1.54, 1.807) is 0 Å². The summed E-state index contributed by atoms with van der Waals surface area (Å²) >= 11 is 0. The van der Waals surface area contributed by atoms with Gasteiger partial charge in [-0.2, -0.15) is 0 Å². The lowest BCUT2D eigenvalue weighted by Crippen LogP contribution is -2.32. The predicted molar refractivity (Wildman–Crippen MR) is 82.1 cm³/mol. The second-order valence-electron chi connectivity index (χ2n) is 5.23. The Kier molecular flexibility index (Phi) is 4.38. The summed E-state index contributed by atoms with van der Waals surface area (Å²) in [5.74, 6) is 7.40. The zero-order chi connectivity index (χ0) is 14.5. The summed E-state index contributed by atoms with van der Waals surface area (Å²) in [6, 6.07) is 17.7. The highest BCUT2D eigenvalue weighted by molar-refractivity contribution is 5.31. The summed E-state index contributed by atoms with van der Waals surface area (Å²) < 4.78 is 11.6. The zero-order valence-electron chi connectivity index (χ0n) is 11.9. The molecule has 3 rings (SSSR count). The molecular weight excluding hydrogens is 264 g/mol. The summed E-state index contributed by atoms with van der Waals surface area (Å²) in [5, 5.41) is 0. The van der Waals surface area contributed by atoms with Crippen LogP contribution in [0.25, 0.3) is 0 Å². The van der Waals surface area contributed by atoms with Gasteiger partial charge in [-0.1, -0.05) is 30.3 Å². The Hall–Kier alpha value is -2.04. The predicted octanol–water partition coefficient (Wildman–Crippen LogP) is 2.81. The number of hydrogen-bond acceptors (Lipinski definition) is 4. The van der Waals surface area contributed by atoms with Crippen LogP contribution >= 0.6 is 0 Å². The lowest BCUT2D eigenvalue weighted by atomic mass is 10.1. The van der Waals surface area contributed by atoms with Crippen molar-refractivity contribution in [3.8, 4) is 11.5 Å². The van der Waals surface area contributed by atoms with Crippen molar-refractivity contribution in [1.82, 2.24) is 5.43 Å². The Labute approximate surface area is 124 Å².